The second-order valence-corrected chi connectivity index (χ2v) is 4.85. The van der Waals surface area contributed by atoms with Crippen LogP contribution in [0.1, 0.15) is 25.8 Å². The van der Waals surface area contributed by atoms with Gasteiger partial charge in [-0.3, -0.25) is 0 Å². The van der Waals surface area contributed by atoms with Gasteiger partial charge < -0.3 is 9.47 Å². The zero-order chi connectivity index (χ0) is 16.8. The molecular weight excluding hydrogens is 301 g/mol. The van der Waals surface area contributed by atoms with Crippen LogP contribution in [0, 0.1) is 5.92 Å². The number of ether oxygens (including phenoxy) is 3. The fraction of sp³-hybridized carbons (Fsp3) is 0.533. The smallest absolute Gasteiger partial charge is 0.461 e. The number of methoxy groups -OCH3 is 1. The first kappa shape index (κ1) is 18.4. The van der Waals surface area contributed by atoms with E-state index in [1.54, 1.807) is 6.07 Å². The fourth-order valence-corrected chi connectivity index (χ4v) is 1.71. The van der Waals surface area contributed by atoms with Gasteiger partial charge in [-0.05, 0) is 5.92 Å². The molecule has 0 saturated carbocycles. The van der Waals surface area contributed by atoms with E-state index in [4.69, 9.17) is 9.47 Å². The number of esters is 1. The monoisotopic (exact) mass is 320 g/mol. The molecule has 1 aromatic rings. The third-order valence-corrected chi connectivity index (χ3v) is 3.17. The average Bonchev–Trinajstić information content (AvgIpc) is 2.49. The number of hydrogen-bond donors (Lipinski definition) is 0. The lowest BCUT2D eigenvalue weighted by Gasteiger charge is -2.31. The van der Waals surface area contributed by atoms with Crippen LogP contribution in [0.5, 0.6) is 0 Å². The Bertz CT molecular complexity index is 475. The van der Waals surface area contributed by atoms with Gasteiger partial charge in [-0.15, -0.1) is 13.2 Å². The fourth-order valence-electron chi connectivity index (χ4n) is 1.71. The molecule has 0 aliphatic heterocycles. The number of carbonyl (C=O) groups is 1. The first-order valence-corrected chi connectivity index (χ1v) is 6.80. The van der Waals surface area contributed by atoms with Crippen molar-refractivity contribution in [1.82, 2.24) is 0 Å². The maximum absolute atomic E-state index is 12.7. The van der Waals surface area contributed by atoms with Gasteiger partial charge in [-0.2, -0.15) is 0 Å². The largest absolute Gasteiger partial charge is 0.525 e. The Morgan fingerprint density at radius 1 is 1.23 bits per heavy atom. The van der Waals surface area contributed by atoms with Gasteiger partial charge >= 0.3 is 18.1 Å². The van der Waals surface area contributed by atoms with E-state index in [1.807, 2.05) is 13.8 Å². The molecule has 0 saturated heterocycles. The molecule has 0 radical (unpaired) electrons. The summed E-state index contributed by atoms with van der Waals surface area (Å²) in [6.45, 7) is 3.68. The van der Waals surface area contributed by atoms with E-state index in [2.05, 4.69) is 4.74 Å². The van der Waals surface area contributed by atoms with Gasteiger partial charge in [0.1, 0.15) is 0 Å². The first-order valence-electron chi connectivity index (χ1n) is 6.80. The molecule has 0 N–H and O–H groups in total. The molecule has 7 heteroatoms. The highest BCUT2D eigenvalue weighted by Crippen LogP contribution is 2.35. The quantitative estimate of drug-likeness (QED) is 0.569. The Balaban J connectivity index is 3.12. The number of rotatable bonds is 7. The summed E-state index contributed by atoms with van der Waals surface area (Å²) in [5.74, 6) is -3.90. The summed E-state index contributed by atoms with van der Waals surface area (Å²) in [6, 6.07) is 7.16. The maximum Gasteiger partial charge on any atom is 0.525 e. The lowest BCUT2D eigenvalue weighted by atomic mass is 10.1. The minimum Gasteiger partial charge on any atom is -0.461 e. The van der Waals surface area contributed by atoms with Gasteiger partial charge in [0.2, 0.25) is 0 Å². The van der Waals surface area contributed by atoms with E-state index < -0.39 is 18.1 Å². The van der Waals surface area contributed by atoms with Crippen molar-refractivity contribution in [1.29, 1.82) is 0 Å². The van der Waals surface area contributed by atoms with Gasteiger partial charge in [0.25, 0.3) is 0 Å². The Morgan fingerprint density at radius 3 is 2.27 bits per heavy atom. The third-order valence-electron chi connectivity index (χ3n) is 3.17. The molecule has 0 fully saturated rings. The summed E-state index contributed by atoms with van der Waals surface area (Å²) in [7, 11) is 0.962. The minimum absolute atomic E-state index is 0.0140. The van der Waals surface area contributed by atoms with Crippen molar-refractivity contribution in [2.75, 3.05) is 13.7 Å². The van der Waals surface area contributed by atoms with Crippen molar-refractivity contribution in [3.8, 4) is 0 Å². The summed E-state index contributed by atoms with van der Waals surface area (Å²) in [6.07, 6.45) is -4.35. The summed E-state index contributed by atoms with van der Waals surface area (Å²) in [5, 5.41) is 0. The standard InChI is InChI=1S/C15H19F3O4/c1-4-11(2)10-21-13(19)14(20-3,22-15(16,17)18)12-8-6-5-7-9-12/h5-9,11H,4,10H2,1-3H3/t11?,14-/m0/s1. The number of halogens is 3. The molecular formula is C15H19F3O4. The molecule has 0 bridgehead atoms. The predicted molar refractivity (Wildman–Crippen MR) is 72.7 cm³/mol. The molecule has 0 spiro atoms. The normalized spacial score (nSPS) is 15.9. The maximum atomic E-state index is 12.7. The van der Waals surface area contributed by atoms with E-state index in [0.717, 1.165) is 13.5 Å². The molecule has 0 aromatic heterocycles. The summed E-state index contributed by atoms with van der Waals surface area (Å²) in [5.41, 5.74) is -0.0935. The molecule has 1 rings (SSSR count). The molecule has 0 aliphatic carbocycles. The first-order chi connectivity index (χ1) is 10.2. The van der Waals surface area contributed by atoms with Gasteiger partial charge in [0.05, 0.1) is 6.61 Å². The highest BCUT2D eigenvalue weighted by Gasteiger charge is 2.52. The van der Waals surface area contributed by atoms with Crippen LogP contribution < -0.4 is 0 Å². The van der Waals surface area contributed by atoms with E-state index in [-0.39, 0.29) is 18.1 Å². The Kier molecular flexibility index (Phi) is 6.37. The van der Waals surface area contributed by atoms with Crippen molar-refractivity contribution >= 4 is 5.97 Å². The third kappa shape index (κ3) is 4.71. The number of alkyl halides is 3. The van der Waals surface area contributed by atoms with Crippen LogP contribution in [0.3, 0.4) is 0 Å². The Morgan fingerprint density at radius 2 is 1.82 bits per heavy atom. The second-order valence-electron chi connectivity index (χ2n) is 4.85. The van der Waals surface area contributed by atoms with E-state index in [1.165, 1.54) is 24.3 Å². The highest BCUT2D eigenvalue weighted by molar-refractivity contribution is 5.79. The number of carbonyl (C=O) groups excluding carboxylic acids is 1. The zero-order valence-electron chi connectivity index (χ0n) is 12.6. The van der Waals surface area contributed by atoms with Crippen molar-refractivity contribution < 1.29 is 32.2 Å². The van der Waals surface area contributed by atoms with E-state index in [0.29, 0.717) is 0 Å². The van der Waals surface area contributed by atoms with Crippen molar-refractivity contribution in [3.05, 3.63) is 35.9 Å². The molecule has 1 aromatic carbocycles. The van der Waals surface area contributed by atoms with Crippen LogP contribution in [-0.2, 0) is 24.8 Å². The molecule has 1 unspecified atom stereocenters. The SMILES string of the molecule is CCC(C)COC(=O)[C@@](OC)(OC(F)(F)F)c1ccccc1. The van der Waals surface area contributed by atoms with Crippen LogP contribution in [0.25, 0.3) is 0 Å². The van der Waals surface area contributed by atoms with Gasteiger partial charge in [-0.1, -0.05) is 50.6 Å². The van der Waals surface area contributed by atoms with Crippen LogP contribution in [0.4, 0.5) is 13.2 Å². The number of hydrogen-bond acceptors (Lipinski definition) is 4. The lowest BCUT2D eigenvalue weighted by molar-refractivity contribution is -0.410. The number of benzene rings is 1. The molecule has 0 aliphatic rings. The van der Waals surface area contributed by atoms with E-state index in [9.17, 15) is 18.0 Å². The topological polar surface area (TPSA) is 44.8 Å². The molecule has 2 atom stereocenters. The molecule has 0 heterocycles. The zero-order valence-corrected chi connectivity index (χ0v) is 12.6. The Hall–Kier alpha value is -1.60. The van der Waals surface area contributed by atoms with Gasteiger partial charge in [0, 0.05) is 12.7 Å². The summed E-state index contributed by atoms with van der Waals surface area (Å²) >= 11 is 0. The van der Waals surface area contributed by atoms with E-state index >= 15 is 0 Å². The van der Waals surface area contributed by atoms with Gasteiger partial charge in [0.15, 0.2) is 0 Å². The van der Waals surface area contributed by atoms with Crippen molar-refractivity contribution in [3.63, 3.8) is 0 Å². The predicted octanol–water partition coefficient (Wildman–Crippen LogP) is 3.61. The van der Waals surface area contributed by atoms with Crippen molar-refractivity contribution in [2.45, 2.75) is 32.4 Å². The van der Waals surface area contributed by atoms with Crippen LogP contribution in [0.15, 0.2) is 30.3 Å². The molecule has 4 nitrogen and oxygen atoms in total. The van der Waals surface area contributed by atoms with Crippen LogP contribution in [-0.4, -0.2) is 26.0 Å². The van der Waals surface area contributed by atoms with Crippen molar-refractivity contribution in [2.24, 2.45) is 5.92 Å². The summed E-state index contributed by atoms with van der Waals surface area (Å²) < 4.78 is 52.0. The highest BCUT2D eigenvalue weighted by atomic mass is 19.4. The summed E-state index contributed by atoms with van der Waals surface area (Å²) in [4.78, 5) is 12.2. The van der Waals surface area contributed by atoms with Crippen LogP contribution >= 0.6 is 0 Å². The average molecular weight is 320 g/mol. The molecule has 22 heavy (non-hydrogen) atoms. The molecule has 0 amide bonds. The van der Waals surface area contributed by atoms with Gasteiger partial charge in [-0.25, -0.2) is 9.53 Å². The lowest BCUT2D eigenvalue weighted by Crippen LogP contribution is -2.46. The van der Waals surface area contributed by atoms with Crippen LogP contribution in [0.2, 0.25) is 0 Å². The Labute approximate surface area is 127 Å². The molecule has 124 valence electrons. The minimum atomic E-state index is -5.07. The second kappa shape index (κ2) is 7.60.